The summed E-state index contributed by atoms with van der Waals surface area (Å²) in [5.41, 5.74) is 5.02. The zero-order valence-corrected chi connectivity index (χ0v) is 11.1. The molecule has 0 saturated carbocycles. The third-order valence-corrected chi connectivity index (χ3v) is 2.55. The second kappa shape index (κ2) is 8.98. The van der Waals surface area contributed by atoms with Crippen molar-refractivity contribution in [2.75, 3.05) is 6.54 Å². The molecule has 0 aliphatic carbocycles. The van der Waals surface area contributed by atoms with Crippen molar-refractivity contribution in [3.05, 3.63) is 0 Å². The van der Waals surface area contributed by atoms with Crippen molar-refractivity contribution >= 4 is 11.8 Å². The average molecular weight is 243 g/mol. The Bertz CT molecular complexity index is 244. The standard InChI is InChI=1S/C12H25N3O2/c1-4-6-9(2)15-12(17)10(3)14-8-5-7-11(13)16/h9-10,14H,4-8H2,1-3H3,(H2,13,16)(H,15,17). The van der Waals surface area contributed by atoms with E-state index in [9.17, 15) is 9.59 Å². The van der Waals surface area contributed by atoms with Crippen molar-refractivity contribution in [2.24, 2.45) is 5.73 Å². The first kappa shape index (κ1) is 15.9. The number of carbonyl (C=O) groups excluding carboxylic acids is 2. The number of nitrogens with one attached hydrogen (secondary N) is 2. The summed E-state index contributed by atoms with van der Waals surface area (Å²) in [6, 6.07) is -0.0236. The van der Waals surface area contributed by atoms with E-state index in [1.165, 1.54) is 0 Å². The molecule has 4 N–H and O–H groups in total. The highest BCUT2D eigenvalue weighted by atomic mass is 16.2. The molecule has 100 valence electrons. The number of hydrogen-bond donors (Lipinski definition) is 3. The van der Waals surface area contributed by atoms with Gasteiger partial charge >= 0.3 is 0 Å². The van der Waals surface area contributed by atoms with Gasteiger partial charge in [-0.05, 0) is 33.2 Å². The fourth-order valence-corrected chi connectivity index (χ4v) is 1.55. The van der Waals surface area contributed by atoms with Gasteiger partial charge in [-0.15, -0.1) is 0 Å². The highest BCUT2D eigenvalue weighted by Crippen LogP contribution is 1.96. The van der Waals surface area contributed by atoms with Gasteiger partial charge in [0.25, 0.3) is 0 Å². The van der Waals surface area contributed by atoms with E-state index in [1.807, 2.05) is 13.8 Å². The third kappa shape index (κ3) is 8.68. The van der Waals surface area contributed by atoms with Gasteiger partial charge in [0.15, 0.2) is 0 Å². The van der Waals surface area contributed by atoms with Gasteiger partial charge in [0.05, 0.1) is 6.04 Å². The molecule has 17 heavy (non-hydrogen) atoms. The molecule has 2 unspecified atom stereocenters. The van der Waals surface area contributed by atoms with Crippen LogP contribution in [0.5, 0.6) is 0 Å². The Labute approximate surface area is 104 Å². The lowest BCUT2D eigenvalue weighted by molar-refractivity contribution is -0.123. The second-order valence-electron chi connectivity index (χ2n) is 4.44. The van der Waals surface area contributed by atoms with E-state index >= 15 is 0 Å². The highest BCUT2D eigenvalue weighted by molar-refractivity contribution is 5.81. The van der Waals surface area contributed by atoms with Crippen molar-refractivity contribution in [1.82, 2.24) is 10.6 Å². The molecule has 0 aromatic rings. The summed E-state index contributed by atoms with van der Waals surface area (Å²) in [6.45, 7) is 6.54. The molecule has 5 heteroatoms. The van der Waals surface area contributed by atoms with Crippen molar-refractivity contribution in [3.63, 3.8) is 0 Å². The van der Waals surface area contributed by atoms with Crippen LogP contribution in [-0.4, -0.2) is 30.4 Å². The van der Waals surface area contributed by atoms with Crippen LogP contribution in [0.4, 0.5) is 0 Å². The Morgan fingerprint density at radius 1 is 1.29 bits per heavy atom. The lowest BCUT2D eigenvalue weighted by Crippen LogP contribution is -2.45. The molecule has 2 atom stereocenters. The quantitative estimate of drug-likeness (QED) is 0.517. The molecule has 5 nitrogen and oxygen atoms in total. The van der Waals surface area contributed by atoms with Gasteiger partial charge in [-0.2, -0.15) is 0 Å². The molecule has 0 aliphatic rings. The minimum Gasteiger partial charge on any atom is -0.370 e. The van der Waals surface area contributed by atoms with Gasteiger partial charge in [0, 0.05) is 12.5 Å². The molecule has 0 aliphatic heterocycles. The molecule has 0 saturated heterocycles. The maximum absolute atomic E-state index is 11.7. The summed E-state index contributed by atoms with van der Waals surface area (Å²) in [5, 5.41) is 6.00. The van der Waals surface area contributed by atoms with Crippen LogP contribution in [0.1, 0.15) is 46.5 Å². The van der Waals surface area contributed by atoms with Crippen LogP contribution in [0.3, 0.4) is 0 Å². The normalized spacial score (nSPS) is 14.1. The van der Waals surface area contributed by atoms with E-state index in [0.717, 1.165) is 12.8 Å². The molecule has 0 spiro atoms. The molecule has 0 rings (SSSR count). The zero-order chi connectivity index (χ0) is 13.3. The summed E-state index contributed by atoms with van der Waals surface area (Å²) in [5.74, 6) is -0.300. The van der Waals surface area contributed by atoms with Crippen LogP contribution >= 0.6 is 0 Å². The average Bonchev–Trinajstić information content (AvgIpc) is 2.23. The summed E-state index contributed by atoms with van der Waals surface area (Å²) >= 11 is 0. The van der Waals surface area contributed by atoms with Gasteiger partial charge in [0.2, 0.25) is 11.8 Å². The number of nitrogens with two attached hydrogens (primary N) is 1. The number of hydrogen-bond acceptors (Lipinski definition) is 3. The predicted octanol–water partition coefficient (Wildman–Crippen LogP) is 0.535. The van der Waals surface area contributed by atoms with Gasteiger partial charge in [-0.1, -0.05) is 13.3 Å². The summed E-state index contributed by atoms with van der Waals surface area (Å²) in [6.07, 6.45) is 3.06. The summed E-state index contributed by atoms with van der Waals surface area (Å²) < 4.78 is 0. The Morgan fingerprint density at radius 2 is 1.94 bits per heavy atom. The van der Waals surface area contributed by atoms with Crippen molar-refractivity contribution < 1.29 is 9.59 Å². The second-order valence-corrected chi connectivity index (χ2v) is 4.44. The maximum Gasteiger partial charge on any atom is 0.237 e. The smallest absolute Gasteiger partial charge is 0.237 e. The van der Waals surface area contributed by atoms with E-state index in [1.54, 1.807) is 0 Å². The zero-order valence-electron chi connectivity index (χ0n) is 11.1. The largest absolute Gasteiger partial charge is 0.370 e. The first-order valence-electron chi connectivity index (χ1n) is 6.29. The van der Waals surface area contributed by atoms with Crippen LogP contribution in [0.15, 0.2) is 0 Å². The fraction of sp³-hybridized carbons (Fsp3) is 0.833. The Hall–Kier alpha value is -1.10. The minimum absolute atomic E-state index is 0.00465. The topological polar surface area (TPSA) is 84.2 Å². The Balaban J connectivity index is 3.70. The maximum atomic E-state index is 11.7. The summed E-state index contributed by atoms with van der Waals surface area (Å²) in [4.78, 5) is 22.2. The van der Waals surface area contributed by atoms with E-state index in [-0.39, 0.29) is 23.9 Å². The van der Waals surface area contributed by atoms with Gasteiger partial charge in [0.1, 0.15) is 0 Å². The van der Waals surface area contributed by atoms with Gasteiger partial charge in [-0.3, -0.25) is 9.59 Å². The fourth-order valence-electron chi connectivity index (χ4n) is 1.55. The third-order valence-electron chi connectivity index (χ3n) is 2.55. The number of rotatable bonds is 9. The van der Waals surface area contributed by atoms with E-state index < -0.39 is 0 Å². The Morgan fingerprint density at radius 3 is 2.47 bits per heavy atom. The van der Waals surface area contributed by atoms with Crippen molar-refractivity contribution in [1.29, 1.82) is 0 Å². The molecule has 0 aromatic heterocycles. The highest BCUT2D eigenvalue weighted by Gasteiger charge is 2.13. The van der Waals surface area contributed by atoms with Crippen LogP contribution < -0.4 is 16.4 Å². The molecule has 0 heterocycles. The lowest BCUT2D eigenvalue weighted by atomic mass is 10.2. The summed E-state index contributed by atoms with van der Waals surface area (Å²) in [7, 11) is 0. The minimum atomic E-state index is -0.305. The molecule has 0 aromatic carbocycles. The van der Waals surface area contributed by atoms with Crippen LogP contribution in [0.25, 0.3) is 0 Å². The SMILES string of the molecule is CCCC(C)NC(=O)C(C)NCCCC(N)=O. The van der Waals surface area contributed by atoms with Crippen LogP contribution in [0.2, 0.25) is 0 Å². The first-order chi connectivity index (χ1) is 7.97. The first-order valence-corrected chi connectivity index (χ1v) is 6.29. The molecular weight excluding hydrogens is 218 g/mol. The van der Waals surface area contributed by atoms with Crippen molar-refractivity contribution in [3.8, 4) is 0 Å². The molecule has 0 bridgehead atoms. The van der Waals surface area contributed by atoms with Gasteiger partial charge in [-0.25, -0.2) is 0 Å². The van der Waals surface area contributed by atoms with Gasteiger partial charge < -0.3 is 16.4 Å². The molecular formula is C12H25N3O2. The predicted molar refractivity (Wildman–Crippen MR) is 68.4 cm³/mol. The lowest BCUT2D eigenvalue weighted by Gasteiger charge is -2.17. The van der Waals surface area contributed by atoms with Crippen molar-refractivity contribution in [2.45, 2.75) is 58.5 Å². The number of carbonyl (C=O) groups is 2. The molecule has 2 amide bonds. The van der Waals surface area contributed by atoms with Crippen LogP contribution in [0, 0.1) is 0 Å². The van der Waals surface area contributed by atoms with E-state index in [4.69, 9.17) is 5.73 Å². The Kier molecular flexibility index (Phi) is 8.40. The molecule has 0 fully saturated rings. The van der Waals surface area contributed by atoms with Crippen LogP contribution in [-0.2, 0) is 9.59 Å². The van der Waals surface area contributed by atoms with E-state index in [0.29, 0.717) is 19.4 Å². The van der Waals surface area contributed by atoms with E-state index in [2.05, 4.69) is 17.6 Å². The number of primary amides is 1. The number of amides is 2. The molecule has 0 radical (unpaired) electrons. The monoisotopic (exact) mass is 243 g/mol.